The van der Waals surface area contributed by atoms with Crippen molar-refractivity contribution < 1.29 is 23.9 Å². The van der Waals surface area contributed by atoms with Crippen molar-refractivity contribution in [3.63, 3.8) is 0 Å². The number of imide groups is 1. The second kappa shape index (κ2) is 8.02. The molecule has 0 saturated heterocycles. The number of carbonyl (C=O) groups is 3. The molecule has 3 N–H and O–H groups in total. The Bertz CT molecular complexity index is 557. The summed E-state index contributed by atoms with van der Waals surface area (Å²) in [7, 11) is 1.53. The standard InChI is InChI=1S/C15H20N2O5/c1-9(2)13(14(19)17-15(16)20)22-12(18)8-10-5-4-6-11(7-10)21-3/h4-7,9,13H,8H2,1-3H3,(H3,16,17,19,20)/t13-/m1/s1. The first-order chi connectivity index (χ1) is 10.3. The fourth-order valence-corrected chi connectivity index (χ4v) is 1.82. The Hall–Kier alpha value is -2.57. The maximum Gasteiger partial charge on any atom is 0.318 e. The lowest BCUT2D eigenvalue weighted by atomic mass is 10.1. The smallest absolute Gasteiger partial charge is 0.318 e. The van der Waals surface area contributed by atoms with E-state index < -0.39 is 24.0 Å². The van der Waals surface area contributed by atoms with Crippen LogP contribution in [0.1, 0.15) is 19.4 Å². The lowest BCUT2D eigenvalue weighted by molar-refractivity contribution is -0.157. The van der Waals surface area contributed by atoms with Crippen LogP contribution < -0.4 is 15.8 Å². The van der Waals surface area contributed by atoms with E-state index in [1.165, 1.54) is 7.11 Å². The van der Waals surface area contributed by atoms with Crippen LogP contribution >= 0.6 is 0 Å². The number of ether oxygens (including phenoxy) is 2. The van der Waals surface area contributed by atoms with Crippen LogP contribution in [-0.4, -0.2) is 31.1 Å². The molecule has 0 aliphatic rings. The first kappa shape index (κ1) is 17.5. The molecule has 3 amide bonds. The molecule has 0 radical (unpaired) electrons. The van der Waals surface area contributed by atoms with Gasteiger partial charge >= 0.3 is 12.0 Å². The number of methoxy groups -OCH3 is 1. The molecule has 7 nitrogen and oxygen atoms in total. The monoisotopic (exact) mass is 308 g/mol. The third-order valence-corrected chi connectivity index (χ3v) is 2.85. The molecule has 0 unspecified atom stereocenters. The van der Waals surface area contributed by atoms with Crippen LogP contribution in [0.15, 0.2) is 24.3 Å². The Balaban J connectivity index is 2.70. The maximum absolute atomic E-state index is 12.0. The predicted octanol–water partition coefficient (Wildman–Crippen LogP) is 1.00. The highest BCUT2D eigenvalue weighted by Gasteiger charge is 2.27. The fourth-order valence-electron chi connectivity index (χ4n) is 1.82. The zero-order chi connectivity index (χ0) is 16.7. The molecule has 0 aliphatic heterocycles. The van der Waals surface area contributed by atoms with Gasteiger partial charge in [0.05, 0.1) is 13.5 Å². The molecule has 1 atom stereocenters. The molecule has 0 heterocycles. The third kappa shape index (κ3) is 5.43. The van der Waals surface area contributed by atoms with Crippen LogP contribution in [-0.2, 0) is 20.7 Å². The van der Waals surface area contributed by atoms with Crippen LogP contribution in [0.5, 0.6) is 5.75 Å². The van der Waals surface area contributed by atoms with E-state index in [9.17, 15) is 14.4 Å². The second-order valence-corrected chi connectivity index (χ2v) is 5.04. The summed E-state index contributed by atoms with van der Waals surface area (Å²) in [5.41, 5.74) is 5.59. The molecule has 0 bridgehead atoms. The highest BCUT2D eigenvalue weighted by Crippen LogP contribution is 2.14. The summed E-state index contributed by atoms with van der Waals surface area (Å²) >= 11 is 0. The normalized spacial score (nSPS) is 11.6. The number of nitrogens with one attached hydrogen (secondary N) is 1. The molecule has 0 spiro atoms. The molecule has 120 valence electrons. The molecule has 0 aliphatic carbocycles. The fraction of sp³-hybridized carbons (Fsp3) is 0.400. The van der Waals surface area contributed by atoms with E-state index in [1.54, 1.807) is 38.1 Å². The molecule has 0 aromatic heterocycles. The Labute approximate surface area is 128 Å². The molecule has 7 heteroatoms. The van der Waals surface area contributed by atoms with E-state index in [-0.39, 0.29) is 12.3 Å². The van der Waals surface area contributed by atoms with Crippen molar-refractivity contribution in [1.82, 2.24) is 5.32 Å². The van der Waals surface area contributed by atoms with Gasteiger partial charge in [-0.3, -0.25) is 14.9 Å². The zero-order valence-corrected chi connectivity index (χ0v) is 12.8. The second-order valence-electron chi connectivity index (χ2n) is 5.04. The van der Waals surface area contributed by atoms with E-state index >= 15 is 0 Å². The number of hydrogen-bond donors (Lipinski definition) is 2. The summed E-state index contributed by atoms with van der Waals surface area (Å²) in [4.78, 5) is 34.5. The van der Waals surface area contributed by atoms with Crippen LogP contribution in [0.25, 0.3) is 0 Å². The number of primary amides is 1. The van der Waals surface area contributed by atoms with Crippen molar-refractivity contribution in [1.29, 1.82) is 0 Å². The van der Waals surface area contributed by atoms with Gasteiger partial charge in [-0.2, -0.15) is 0 Å². The van der Waals surface area contributed by atoms with Crippen molar-refractivity contribution in [2.24, 2.45) is 11.7 Å². The van der Waals surface area contributed by atoms with Crippen LogP contribution in [0.4, 0.5) is 4.79 Å². The summed E-state index contributed by atoms with van der Waals surface area (Å²) < 4.78 is 10.2. The minimum atomic E-state index is -1.08. The van der Waals surface area contributed by atoms with Crippen molar-refractivity contribution in [2.45, 2.75) is 26.4 Å². The summed E-state index contributed by atoms with van der Waals surface area (Å²) in [5, 5.41) is 1.91. The van der Waals surface area contributed by atoms with E-state index in [2.05, 4.69) is 0 Å². The third-order valence-electron chi connectivity index (χ3n) is 2.85. The first-order valence-electron chi connectivity index (χ1n) is 6.76. The lowest BCUT2D eigenvalue weighted by Gasteiger charge is -2.19. The molecular formula is C15H20N2O5. The van der Waals surface area contributed by atoms with Crippen molar-refractivity contribution in [2.75, 3.05) is 7.11 Å². The van der Waals surface area contributed by atoms with Gasteiger partial charge in [0, 0.05) is 0 Å². The number of amides is 3. The zero-order valence-electron chi connectivity index (χ0n) is 12.8. The predicted molar refractivity (Wildman–Crippen MR) is 79.1 cm³/mol. The molecule has 1 rings (SSSR count). The minimum absolute atomic E-state index is 0.00965. The van der Waals surface area contributed by atoms with E-state index in [4.69, 9.17) is 15.2 Å². The highest BCUT2D eigenvalue weighted by atomic mass is 16.5. The van der Waals surface area contributed by atoms with Gasteiger partial charge in [-0.05, 0) is 23.6 Å². The number of carbonyl (C=O) groups excluding carboxylic acids is 3. The molecular weight excluding hydrogens is 288 g/mol. The van der Waals surface area contributed by atoms with Crippen molar-refractivity contribution in [3.05, 3.63) is 29.8 Å². The summed E-state index contributed by atoms with van der Waals surface area (Å²) in [5.74, 6) is -0.987. The van der Waals surface area contributed by atoms with Gasteiger partial charge < -0.3 is 15.2 Å². The van der Waals surface area contributed by atoms with E-state index in [0.29, 0.717) is 11.3 Å². The SMILES string of the molecule is COc1cccc(CC(=O)O[C@@H](C(=O)NC(N)=O)C(C)C)c1. The summed E-state index contributed by atoms with van der Waals surface area (Å²) in [6, 6.07) is 5.97. The largest absolute Gasteiger partial charge is 0.497 e. The molecule has 0 fully saturated rings. The van der Waals surface area contributed by atoms with E-state index in [1.807, 2.05) is 5.32 Å². The molecule has 1 aromatic rings. The minimum Gasteiger partial charge on any atom is -0.497 e. The van der Waals surface area contributed by atoms with Gasteiger partial charge in [-0.15, -0.1) is 0 Å². The number of rotatable bonds is 6. The Morgan fingerprint density at radius 3 is 2.50 bits per heavy atom. The van der Waals surface area contributed by atoms with Gasteiger partial charge in [0.2, 0.25) is 0 Å². The van der Waals surface area contributed by atoms with Gasteiger partial charge in [0.25, 0.3) is 5.91 Å². The van der Waals surface area contributed by atoms with Gasteiger partial charge in [0.15, 0.2) is 6.10 Å². The quantitative estimate of drug-likeness (QED) is 0.762. The maximum atomic E-state index is 12.0. The topological polar surface area (TPSA) is 108 Å². The average Bonchev–Trinajstić information content (AvgIpc) is 2.43. The summed E-state index contributed by atoms with van der Waals surface area (Å²) in [6.45, 7) is 3.40. The van der Waals surface area contributed by atoms with Gasteiger partial charge in [0.1, 0.15) is 5.75 Å². The average molecular weight is 308 g/mol. The Kier molecular flexibility index (Phi) is 6.37. The first-order valence-corrected chi connectivity index (χ1v) is 6.76. The van der Waals surface area contributed by atoms with Crippen LogP contribution in [0.2, 0.25) is 0 Å². The number of benzene rings is 1. The number of hydrogen-bond acceptors (Lipinski definition) is 5. The Morgan fingerprint density at radius 1 is 1.27 bits per heavy atom. The number of urea groups is 1. The highest BCUT2D eigenvalue weighted by molar-refractivity contribution is 5.96. The van der Waals surface area contributed by atoms with Crippen LogP contribution in [0, 0.1) is 5.92 Å². The van der Waals surface area contributed by atoms with Crippen molar-refractivity contribution in [3.8, 4) is 5.75 Å². The molecule has 0 saturated carbocycles. The molecule has 1 aromatic carbocycles. The Morgan fingerprint density at radius 2 is 1.95 bits per heavy atom. The van der Waals surface area contributed by atoms with E-state index in [0.717, 1.165) is 0 Å². The van der Waals surface area contributed by atoms with Gasteiger partial charge in [-0.25, -0.2) is 4.79 Å². The van der Waals surface area contributed by atoms with Crippen molar-refractivity contribution >= 4 is 17.9 Å². The lowest BCUT2D eigenvalue weighted by Crippen LogP contribution is -2.45. The number of esters is 1. The number of nitrogens with two attached hydrogens (primary N) is 1. The van der Waals surface area contributed by atoms with Crippen LogP contribution in [0.3, 0.4) is 0 Å². The summed E-state index contributed by atoms with van der Waals surface area (Å²) in [6.07, 6.45) is -1.09. The van der Waals surface area contributed by atoms with Gasteiger partial charge in [-0.1, -0.05) is 26.0 Å². The molecule has 22 heavy (non-hydrogen) atoms.